The maximum Gasteiger partial charge on any atom is 0.271 e. The van der Waals surface area contributed by atoms with Gasteiger partial charge in [-0.2, -0.15) is 0 Å². The molecule has 3 aromatic rings. The van der Waals surface area contributed by atoms with Crippen LogP contribution in [-0.2, 0) is 4.79 Å². The van der Waals surface area contributed by atoms with Gasteiger partial charge in [-0.15, -0.1) is 0 Å². The highest BCUT2D eigenvalue weighted by Crippen LogP contribution is 2.38. The molecule has 1 aromatic heterocycles. The second kappa shape index (κ2) is 8.51. The second-order valence-electron chi connectivity index (χ2n) is 6.08. The fraction of sp³-hybridized carbons (Fsp3) is 0.0455. The van der Waals surface area contributed by atoms with Gasteiger partial charge in [0.25, 0.3) is 5.91 Å². The first-order chi connectivity index (χ1) is 14.2. The van der Waals surface area contributed by atoms with Crippen molar-refractivity contribution in [2.24, 2.45) is 4.99 Å². The monoisotopic (exact) mass is 421 g/mol. The Balaban J connectivity index is 1.78. The highest BCUT2D eigenvalue weighted by atomic mass is 35.5. The molecule has 0 bridgehead atoms. The predicted molar refractivity (Wildman–Crippen MR) is 119 cm³/mol. The summed E-state index contributed by atoms with van der Waals surface area (Å²) in [6, 6.07) is 18.7. The van der Waals surface area contributed by atoms with E-state index in [1.807, 2.05) is 60.7 Å². The van der Waals surface area contributed by atoms with Gasteiger partial charge in [0.05, 0.1) is 28.4 Å². The Morgan fingerprint density at radius 3 is 2.72 bits per heavy atom. The first-order valence-corrected chi connectivity index (χ1v) is 9.96. The second-order valence-corrected chi connectivity index (χ2v) is 7.50. The van der Waals surface area contributed by atoms with Gasteiger partial charge in [0.2, 0.25) is 0 Å². The van der Waals surface area contributed by atoms with E-state index in [9.17, 15) is 4.79 Å². The van der Waals surface area contributed by atoms with E-state index < -0.39 is 0 Å². The molecule has 1 saturated heterocycles. The highest BCUT2D eigenvalue weighted by molar-refractivity contribution is 8.19. The number of carbonyl (C=O) groups excluding carboxylic acids is 1. The molecular formula is C22H16ClN3O2S. The number of thioether (sulfide) groups is 1. The van der Waals surface area contributed by atoms with Crippen molar-refractivity contribution in [3.05, 3.63) is 88.5 Å². The Kier molecular flexibility index (Phi) is 5.64. The molecule has 29 heavy (non-hydrogen) atoms. The van der Waals surface area contributed by atoms with Crippen molar-refractivity contribution in [2.45, 2.75) is 0 Å². The number of amides is 1. The van der Waals surface area contributed by atoms with Crippen molar-refractivity contribution < 1.29 is 9.53 Å². The van der Waals surface area contributed by atoms with Gasteiger partial charge < -0.3 is 4.74 Å². The molecule has 0 radical (unpaired) electrons. The maximum absolute atomic E-state index is 13.2. The molecule has 1 fully saturated rings. The van der Waals surface area contributed by atoms with Crippen LogP contribution in [0.2, 0.25) is 5.02 Å². The zero-order chi connectivity index (χ0) is 20.2. The third-order valence-electron chi connectivity index (χ3n) is 4.18. The molecule has 0 atom stereocenters. The number of hydrogen-bond donors (Lipinski definition) is 0. The Bertz CT molecular complexity index is 1120. The van der Waals surface area contributed by atoms with Crippen LogP contribution >= 0.6 is 23.4 Å². The summed E-state index contributed by atoms with van der Waals surface area (Å²) in [5.74, 6) is 0.583. The Morgan fingerprint density at radius 2 is 1.97 bits per heavy atom. The maximum atomic E-state index is 13.2. The Morgan fingerprint density at radius 1 is 1.14 bits per heavy atom. The van der Waals surface area contributed by atoms with E-state index in [2.05, 4.69) is 9.98 Å². The van der Waals surface area contributed by atoms with Crippen molar-refractivity contribution in [1.29, 1.82) is 0 Å². The largest absolute Gasteiger partial charge is 0.497 e. The minimum Gasteiger partial charge on any atom is -0.497 e. The summed E-state index contributed by atoms with van der Waals surface area (Å²) >= 11 is 7.52. The molecule has 0 spiro atoms. The number of ether oxygens (including phenoxy) is 1. The summed E-state index contributed by atoms with van der Waals surface area (Å²) in [4.78, 5) is 24.0. The standard InChI is InChI=1S/C22H16ClN3O2S/c1-28-17-9-5-6-15(12-17)13-20-21(27)26(16-7-3-2-4-8-16)22(29-20)25-19-10-11-24-14-18(19)23/h2-14H,1H3/b20-13-,25-22?. The van der Waals surface area contributed by atoms with E-state index in [1.165, 1.54) is 18.0 Å². The average molecular weight is 422 g/mol. The number of pyridine rings is 1. The van der Waals surface area contributed by atoms with E-state index in [0.29, 0.717) is 20.8 Å². The number of benzene rings is 2. The van der Waals surface area contributed by atoms with Gasteiger partial charge >= 0.3 is 0 Å². The Labute approximate surface area is 177 Å². The van der Waals surface area contributed by atoms with Crippen molar-refractivity contribution in [3.63, 3.8) is 0 Å². The van der Waals surface area contributed by atoms with Gasteiger partial charge in [0.15, 0.2) is 5.17 Å². The summed E-state index contributed by atoms with van der Waals surface area (Å²) in [7, 11) is 1.61. The van der Waals surface area contributed by atoms with Crippen LogP contribution in [0.15, 0.2) is 83.0 Å². The predicted octanol–water partition coefficient (Wildman–Crippen LogP) is 5.55. The lowest BCUT2D eigenvalue weighted by Gasteiger charge is -2.15. The minimum atomic E-state index is -0.145. The molecule has 1 amide bonds. The number of carbonyl (C=O) groups is 1. The van der Waals surface area contributed by atoms with Gasteiger partial charge in [-0.1, -0.05) is 41.9 Å². The minimum absolute atomic E-state index is 0.145. The van der Waals surface area contributed by atoms with E-state index in [0.717, 1.165) is 17.0 Å². The lowest BCUT2D eigenvalue weighted by atomic mass is 10.2. The fourth-order valence-electron chi connectivity index (χ4n) is 2.80. The van der Waals surface area contributed by atoms with Gasteiger partial charge in [0, 0.05) is 12.4 Å². The van der Waals surface area contributed by atoms with Crippen LogP contribution in [0.3, 0.4) is 0 Å². The SMILES string of the molecule is COc1cccc(/C=C2\SC(=Nc3ccncc3Cl)N(c3ccccc3)C2=O)c1. The summed E-state index contributed by atoms with van der Waals surface area (Å²) in [5, 5.41) is 0.953. The van der Waals surface area contributed by atoms with Gasteiger partial charge in [-0.25, -0.2) is 4.99 Å². The summed E-state index contributed by atoms with van der Waals surface area (Å²) in [5.41, 5.74) is 2.17. The quantitative estimate of drug-likeness (QED) is 0.518. The number of hydrogen-bond acceptors (Lipinski definition) is 5. The average Bonchev–Trinajstić information content (AvgIpc) is 3.05. The molecule has 4 rings (SSSR count). The lowest BCUT2D eigenvalue weighted by molar-refractivity contribution is -0.113. The highest BCUT2D eigenvalue weighted by Gasteiger charge is 2.34. The van der Waals surface area contributed by atoms with Crippen LogP contribution in [-0.4, -0.2) is 23.2 Å². The number of rotatable bonds is 4. The number of amidine groups is 1. The van der Waals surface area contributed by atoms with Crippen LogP contribution in [0.4, 0.5) is 11.4 Å². The third kappa shape index (κ3) is 4.18. The van der Waals surface area contributed by atoms with Gasteiger partial charge in [-0.05, 0) is 53.7 Å². The van der Waals surface area contributed by atoms with Crippen LogP contribution < -0.4 is 9.64 Å². The smallest absolute Gasteiger partial charge is 0.271 e. The first kappa shape index (κ1) is 19.2. The van der Waals surface area contributed by atoms with E-state index in [-0.39, 0.29) is 5.91 Å². The van der Waals surface area contributed by atoms with Crippen molar-refractivity contribution in [1.82, 2.24) is 4.98 Å². The Hall–Kier alpha value is -3.09. The molecular weight excluding hydrogens is 406 g/mol. The number of para-hydroxylation sites is 1. The molecule has 1 aliphatic rings. The topological polar surface area (TPSA) is 54.8 Å². The third-order valence-corrected chi connectivity index (χ3v) is 5.44. The number of anilines is 1. The molecule has 144 valence electrons. The van der Waals surface area contributed by atoms with E-state index >= 15 is 0 Å². The van der Waals surface area contributed by atoms with E-state index in [1.54, 1.807) is 24.3 Å². The molecule has 0 aliphatic carbocycles. The molecule has 7 heteroatoms. The molecule has 2 heterocycles. The number of halogens is 1. The summed E-state index contributed by atoms with van der Waals surface area (Å²) in [6.07, 6.45) is 4.98. The van der Waals surface area contributed by atoms with Gasteiger partial charge in [0.1, 0.15) is 5.75 Å². The summed E-state index contributed by atoms with van der Waals surface area (Å²) in [6.45, 7) is 0. The van der Waals surface area contributed by atoms with E-state index in [4.69, 9.17) is 16.3 Å². The zero-order valence-electron chi connectivity index (χ0n) is 15.4. The molecule has 5 nitrogen and oxygen atoms in total. The van der Waals surface area contributed by atoms with Crippen LogP contribution in [0.25, 0.3) is 6.08 Å². The van der Waals surface area contributed by atoms with Crippen molar-refractivity contribution in [3.8, 4) is 5.75 Å². The lowest BCUT2D eigenvalue weighted by Crippen LogP contribution is -2.28. The number of aliphatic imine (C=N–C) groups is 1. The normalized spacial score (nSPS) is 16.6. The van der Waals surface area contributed by atoms with Crippen LogP contribution in [0, 0.1) is 0 Å². The molecule has 0 N–H and O–H groups in total. The number of nitrogens with zero attached hydrogens (tertiary/aromatic N) is 3. The van der Waals surface area contributed by atoms with Crippen molar-refractivity contribution in [2.75, 3.05) is 12.0 Å². The molecule has 2 aromatic carbocycles. The molecule has 0 unspecified atom stereocenters. The van der Waals surface area contributed by atoms with Crippen molar-refractivity contribution >= 4 is 51.9 Å². The first-order valence-electron chi connectivity index (χ1n) is 8.77. The summed E-state index contributed by atoms with van der Waals surface area (Å²) < 4.78 is 5.27. The van der Waals surface area contributed by atoms with Crippen LogP contribution in [0.5, 0.6) is 5.75 Å². The number of methoxy groups -OCH3 is 1. The number of aromatic nitrogens is 1. The van der Waals surface area contributed by atoms with Crippen LogP contribution in [0.1, 0.15) is 5.56 Å². The van der Waals surface area contributed by atoms with Gasteiger partial charge in [-0.3, -0.25) is 14.7 Å². The molecule has 0 saturated carbocycles. The fourth-order valence-corrected chi connectivity index (χ4v) is 3.95. The molecule has 1 aliphatic heterocycles. The zero-order valence-corrected chi connectivity index (χ0v) is 17.0.